The van der Waals surface area contributed by atoms with Gasteiger partial charge in [-0.2, -0.15) is 0 Å². The molecule has 0 atom stereocenters. The van der Waals surface area contributed by atoms with Gasteiger partial charge in [-0.05, 0) is 25.0 Å². The van der Waals surface area contributed by atoms with Crippen LogP contribution in [0.15, 0.2) is 35.3 Å². The molecule has 1 aliphatic rings. The maximum absolute atomic E-state index is 10.4. The highest BCUT2D eigenvalue weighted by atomic mass is 16.6. The highest BCUT2D eigenvalue weighted by molar-refractivity contribution is 5.43. The van der Waals surface area contributed by atoms with Crippen LogP contribution in [0, 0.1) is 10.1 Å². The molecule has 1 heterocycles. The summed E-state index contributed by atoms with van der Waals surface area (Å²) in [5, 5.41) is 10.4. The molecule has 0 fully saturated rings. The van der Waals surface area contributed by atoms with Crippen molar-refractivity contribution in [1.82, 2.24) is 4.90 Å². The van der Waals surface area contributed by atoms with E-state index in [2.05, 4.69) is 0 Å². The Balaban J connectivity index is 3.05. The second-order valence-electron chi connectivity index (χ2n) is 3.27. The summed E-state index contributed by atoms with van der Waals surface area (Å²) in [6.45, 7) is 3.92. The minimum atomic E-state index is -0.409. The molecule has 0 radical (unpaired) electrons. The predicted octanol–water partition coefficient (Wildman–Crippen LogP) is 2.29. The summed E-state index contributed by atoms with van der Waals surface area (Å²) in [5.74, 6) is 0. The molecule has 0 saturated carbocycles. The molecule has 0 unspecified atom stereocenters. The Bertz CT molecular complexity index is 340. The van der Waals surface area contributed by atoms with E-state index in [1.54, 1.807) is 0 Å². The predicted molar refractivity (Wildman–Crippen MR) is 55.0 cm³/mol. The van der Waals surface area contributed by atoms with E-state index < -0.39 is 4.92 Å². The van der Waals surface area contributed by atoms with Gasteiger partial charge in [0.05, 0.1) is 10.5 Å². The largest absolute Gasteiger partial charge is 0.354 e. The first kappa shape index (κ1) is 10.5. The van der Waals surface area contributed by atoms with E-state index in [4.69, 9.17) is 0 Å². The van der Waals surface area contributed by atoms with Gasteiger partial charge in [0.15, 0.2) is 0 Å². The van der Waals surface area contributed by atoms with Gasteiger partial charge in [0.2, 0.25) is 6.20 Å². The average Bonchev–Trinajstić information content (AvgIpc) is 2.10. The first-order chi connectivity index (χ1) is 6.54. The van der Waals surface area contributed by atoms with Gasteiger partial charge in [0.25, 0.3) is 0 Å². The fraction of sp³-hybridized carbons (Fsp3) is 0.400. The van der Waals surface area contributed by atoms with Gasteiger partial charge >= 0.3 is 0 Å². The van der Waals surface area contributed by atoms with Crippen molar-refractivity contribution in [2.75, 3.05) is 7.05 Å². The lowest BCUT2D eigenvalue weighted by atomic mass is 10.0. The summed E-state index contributed by atoms with van der Waals surface area (Å²) in [4.78, 5) is 11.9. The number of rotatable bonds is 2. The zero-order valence-electron chi connectivity index (χ0n) is 8.65. The number of hydrogen-bond donors (Lipinski definition) is 0. The number of nitrogens with zero attached hydrogens (tertiary/aromatic N) is 2. The van der Waals surface area contributed by atoms with Crippen molar-refractivity contribution in [1.29, 1.82) is 0 Å². The zero-order chi connectivity index (χ0) is 10.7. The molecular formula is C10H14N2O2. The molecule has 0 aromatic heterocycles. The van der Waals surface area contributed by atoms with Crippen LogP contribution in [0.2, 0.25) is 0 Å². The van der Waals surface area contributed by atoms with Crippen molar-refractivity contribution in [2.45, 2.75) is 20.3 Å². The van der Waals surface area contributed by atoms with E-state index in [0.29, 0.717) is 5.57 Å². The molecule has 1 rings (SSSR count). The van der Waals surface area contributed by atoms with Gasteiger partial charge in [-0.1, -0.05) is 6.92 Å². The molecule has 0 bridgehead atoms. The zero-order valence-corrected chi connectivity index (χ0v) is 8.65. The Morgan fingerprint density at radius 2 is 2.29 bits per heavy atom. The third-order valence-electron chi connectivity index (χ3n) is 2.27. The Hall–Kier alpha value is -1.58. The van der Waals surface area contributed by atoms with E-state index in [9.17, 15) is 10.1 Å². The van der Waals surface area contributed by atoms with Gasteiger partial charge in [-0.25, -0.2) is 0 Å². The highest BCUT2D eigenvalue weighted by Gasteiger charge is 2.13. The average molecular weight is 194 g/mol. The van der Waals surface area contributed by atoms with Gasteiger partial charge < -0.3 is 4.90 Å². The van der Waals surface area contributed by atoms with Crippen molar-refractivity contribution in [2.24, 2.45) is 0 Å². The smallest absolute Gasteiger partial charge is 0.242 e. The summed E-state index contributed by atoms with van der Waals surface area (Å²) in [6, 6.07) is 0. The minimum absolute atomic E-state index is 0.409. The first-order valence-corrected chi connectivity index (χ1v) is 4.52. The van der Waals surface area contributed by atoms with Crippen LogP contribution in [-0.4, -0.2) is 16.9 Å². The van der Waals surface area contributed by atoms with Crippen LogP contribution in [0.4, 0.5) is 0 Å². The summed E-state index contributed by atoms with van der Waals surface area (Å²) in [7, 11) is 1.93. The molecule has 0 saturated heterocycles. The fourth-order valence-electron chi connectivity index (χ4n) is 1.36. The van der Waals surface area contributed by atoms with Crippen molar-refractivity contribution in [3.63, 3.8) is 0 Å². The SMILES string of the molecule is CCC1=CN(C)C(C)=CC1=C[N+](=O)[O-]. The summed E-state index contributed by atoms with van der Waals surface area (Å²) < 4.78 is 0. The maximum Gasteiger partial charge on any atom is 0.242 e. The monoisotopic (exact) mass is 194 g/mol. The lowest BCUT2D eigenvalue weighted by molar-refractivity contribution is -0.403. The van der Waals surface area contributed by atoms with Gasteiger partial charge in [-0.3, -0.25) is 10.1 Å². The number of hydrogen-bond acceptors (Lipinski definition) is 3. The Labute approximate surface area is 83.4 Å². The van der Waals surface area contributed by atoms with Gasteiger partial charge in [0.1, 0.15) is 0 Å². The van der Waals surface area contributed by atoms with Crippen LogP contribution in [0.3, 0.4) is 0 Å². The first-order valence-electron chi connectivity index (χ1n) is 4.52. The fourth-order valence-corrected chi connectivity index (χ4v) is 1.36. The van der Waals surface area contributed by atoms with E-state index in [0.717, 1.165) is 23.9 Å². The van der Waals surface area contributed by atoms with Crippen molar-refractivity contribution < 1.29 is 4.92 Å². The molecule has 0 spiro atoms. The molecule has 1 aliphatic heterocycles. The molecule has 0 aromatic carbocycles. The molecule has 0 N–H and O–H groups in total. The quantitative estimate of drug-likeness (QED) is 0.500. The Morgan fingerprint density at radius 1 is 1.64 bits per heavy atom. The molecule has 0 amide bonds. The van der Waals surface area contributed by atoms with Crippen LogP contribution in [0.1, 0.15) is 20.3 Å². The molecule has 0 aromatic rings. The van der Waals surface area contributed by atoms with Crippen LogP contribution in [-0.2, 0) is 0 Å². The lowest BCUT2D eigenvalue weighted by Crippen LogP contribution is -2.14. The van der Waals surface area contributed by atoms with Crippen LogP contribution < -0.4 is 0 Å². The van der Waals surface area contributed by atoms with Crippen molar-refractivity contribution in [3.8, 4) is 0 Å². The second-order valence-corrected chi connectivity index (χ2v) is 3.27. The summed E-state index contributed by atoms with van der Waals surface area (Å²) in [6.07, 6.45) is 5.63. The van der Waals surface area contributed by atoms with E-state index >= 15 is 0 Å². The molecular weight excluding hydrogens is 180 g/mol. The highest BCUT2D eigenvalue weighted by Crippen LogP contribution is 2.23. The Morgan fingerprint density at radius 3 is 2.79 bits per heavy atom. The topological polar surface area (TPSA) is 46.4 Å². The van der Waals surface area contributed by atoms with E-state index in [1.807, 2.05) is 38.1 Å². The second kappa shape index (κ2) is 4.09. The number of allylic oxidation sites excluding steroid dienone is 4. The van der Waals surface area contributed by atoms with Crippen molar-refractivity contribution in [3.05, 3.63) is 45.4 Å². The van der Waals surface area contributed by atoms with Crippen LogP contribution in [0.5, 0.6) is 0 Å². The summed E-state index contributed by atoms with van der Waals surface area (Å²) in [5.41, 5.74) is 2.71. The molecule has 4 nitrogen and oxygen atoms in total. The van der Waals surface area contributed by atoms with E-state index in [1.165, 1.54) is 0 Å². The van der Waals surface area contributed by atoms with Crippen LogP contribution in [0.25, 0.3) is 0 Å². The normalized spacial score (nSPS) is 19.4. The standard InChI is InChI=1S/C10H14N2O2/c1-4-9-6-11(3)8(2)5-10(9)7-12(13)14/h5-7H,4H2,1-3H3. The van der Waals surface area contributed by atoms with Gasteiger partial charge in [-0.15, -0.1) is 0 Å². The third kappa shape index (κ3) is 2.22. The maximum atomic E-state index is 10.4. The molecule has 76 valence electrons. The van der Waals surface area contributed by atoms with Crippen molar-refractivity contribution >= 4 is 0 Å². The lowest BCUT2D eigenvalue weighted by Gasteiger charge is -2.22. The molecule has 0 aliphatic carbocycles. The molecule has 4 heteroatoms. The minimum Gasteiger partial charge on any atom is -0.354 e. The third-order valence-corrected chi connectivity index (χ3v) is 2.27. The Kier molecular flexibility index (Phi) is 3.06. The summed E-state index contributed by atoms with van der Waals surface area (Å²) >= 11 is 0. The molecule has 14 heavy (non-hydrogen) atoms. The van der Waals surface area contributed by atoms with Gasteiger partial charge in [0, 0.05) is 18.9 Å². The van der Waals surface area contributed by atoms with E-state index in [-0.39, 0.29) is 0 Å². The number of nitro groups is 1. The van der Waals surface area contributed by atoms with Crippen LogP contribution >= 0.6 is 0 Å².